The Morgan fingerprint density at radius 3 is 3.00 bits per heavy atom. The first-order valence-corrected chi connectivity index (χ1v) is 9.33. The summed E-state index contributed by atoms with van der Waals surface area (Å²) in [4.78, 5) is 12.8. The summed E-state index contributed by atoms with van der Waals surface area (Å²) in [5, 5.41) is 7.61. The predicted molar refractivity (Wildman–Crippen MR) is 98.7 cm³/mol. The van der Waals surface area contributed by atoms with E-state index < -0.39 is 0 Å². The molecule has 4 N–H and O–H groups in total. The van der Waals surface area contributed by atoms with Crippen molar-refractivity contribution in [2.75, 3.05) is 0 Å². The smallest absolute Gasteiger partial charge is 0.225 e. The first-order valence-electron chi connectivity index (χ1n) is 9.33. The fraction of sp³-hybridized carbons (Fsp3) is 0.474. The highest BCUT2D eigenvalue weighted by Gasteiger charge is 2.40. The van der Waals surface area contributed by atoms with Gasteiger partial charge < -0.3 is 5.32 Å². The molecule has 0 bridgehead atoms. The van der Waals surface area contributed by atoms with Crippen LogP contribution in [0.4, 0.5) is 0 Å². The normalized spacial score (nSPS) is 26.3. The molecule has 138 valence electrons. The Bertz CT molecular complexity index is 745. The van der Waals surface area contributed by atoms with Crippen molar-refractivity contribution in [2.45, 2.75) is 50.9 Å². The standard InChI is InChI=1S/C19H26N6O/c1-13(15-10-20-25(12-15)11-14-6-3-2-4-7-14)21-19(26)16-8-5-9-17-18(16)23-24-22-17/h2-4,6-7,10,12-13,16-18,22-24H,5,8-9,11H2,1H3,(H,21,26). The summed E-state index contributed by atoms with van der Waals surface area (Å²) in [6.45, 7) is 2.75. The van der Waals surface area contributed by atoms with Gasteiger partial charge in [0.2, 0.25) is 5.91 Å². The average molecular weight is 354 g/mol. The van der Waals surface area contributed by atoms with Gasteiger partial charge in [0.25, 0.3) is 0 Å². The zero-order chi connectivity index (χ0) is 17.9. The van der Waals surface area contributed by atoms with Crippen molar-refractivity contribution < 1.29 is 4.79 Å². The SMILES string of the molecule is CC(NC(=O)C1CCCC2NNNC21)c1cnn(Cc2ccccc2)c1. The maximum Gasteiger partial charge on any atom is 0.225 e. The van der Waals surface area contributed by atoms with Crippen LogP contribution in [0.25, 0.3) is 0 Å². The maximum absolute atomic E-state index is 12.8. The second-order valence-electron chi connectivity index (χ2n) is 7.27. The molecule has 1 aliphatic heterocycles. The first kappa shape index (κ1) is 17.2. The topological polar surface area (TPSA) is 83.0 Å². The molecule has 7 heteroatoms. The molecule has 0 radical (unpaired) electrons. The van der Waals surface area contributed by atoms with E-state index in [9.17, 15) is 4.79 Å². The van der Waals surface area contributed by atoms with E-state index in [-0.39, 0.29) is 23.9 Å². The Hall–Kier alpha value is -2.22. The van der Waals surface area contributed by atoms with Gasteiger partial charge in [-0.2, -0.15) is 10.6 Å². The van der Waals surface area contributed by atoms with E-state index in [1.165, 1.54) is 5.56 Å². The zero-order valence-electron chi connectivity index (χ0n) is 15.0. The molecule has 2 aliphatic rings. The lowest BCUT2D eigenvalue weighted by atomic mass is 9.81. The molecule has 2 aromatic rings. The molecule has 1 aromatic carbocycles. The molecule has 7 nitrogen and oxygen atoms in total. The van der Waals surface area contributed by atoms with Gasteiger partial charge in [-0.3, -0.25) is 9.48 Å². The number of hydrazine groups is 2. The van der Waals surface area contributed by atoms with E-state index in [4.69, 9.17) is 0 Å². The van der Waals surface area contributed by atoms with Crippen LogP contribution in [0.15, 0.2) is 42.7 Å². The number of nitrogens with one attached hydrogen (secondary N) is 4. The summed E-state index contributed by atoms with van der Waals surface area (Å²) in [5.74, 6) is 0.0964. The molecule has 1 aliphatic carbocycles. The number of hydrogen-bond donors (Lipinski definition) is 4. The summed E-state index contributed by atoms with van der Waals surface area (Å²) < 4.78 is 1.91. The first-order chi connectivity index (χ1) is 12.7. The molecule has 2 fully saturated rings. The van der Waals surface area contributed by atoms with Gasteiger partial charge in [-0.15, -0.1) is 0 Å². The van der Waals surface area contributed by atoms with E-state index in [1.54, 1.807) is 0 Å². The Kier molecular flexibility index (Phi) is 5.01. The van der Waals surface area contributed by atoms with Gasteiger partial charge in [-0.1, -0.05) is 36.8 Å². The molecule has 4 unspecified atom stereocenters. The number of carbonyl (C=O) groups excluding carboxylic acids is 1. The van der Waals surface area contributed by atoms with Gasteiger partial charge in [0.15, 0.2) is 0 Å². The minimum Gasteiger partial charge on any atom is -0.349 e. The number of rotatable bonds is 5. The highest BCUT2D eigenvalue weighted by molar-refractivity contribution is 5.80. The van der Waals surface area contributed by atoms with Gasteiger partial charge in [0.05, 0.1) is 30.7 Å². The number of aromatic nitrogens is 2. The minimum atomic E-state index is -0.0604. The lowest BCUT2D eigenvalue weighted by molar-refractivity contribution is -0.127. The number of nitrogens with zero attached hydrogens (tertiary/aromatic N) is 2. The van der Waals surface area contributed by atoms with Crippen molar-refractivity contribution in [1.29, 1.82) is 0 Å². The van der Waals surface area contributed by atoms with Crippen LogP contribution in [0.5, 0.6) is 0 Å². The van der Waals surface area contributed by atoms with Crippen molar-refractivity contribution in [3.05, 3.63) is 53.9 Å². The van der Waals surface area contributed by atoms with E-state index in [2.05, 4.69) is 38.9 Å². The van der Waals surface area contributed by atoms with Gasteiger partial charge in [-0.25, -0.2) is 10.9 Å². The summed E-state index contributed by atoms with van der Waals surface area (Å²) in [6, 6.07) is 10.7. The lowest BCUT2D eigenvalue weighted by Gasteiger charge is -2.31. The van der Waals surface area contributed by atoms with Crippen LogP contribution >= 0.6 is 0 Å². The van der Waals surface area contributed by atoms with Crippen molar-refractivity contribution in [1.82, 2.24) is 31.5 Å². The van der Waals surface area contributed by atoms with Crippen LogP contribution in [0.3, 0.4) is 0 Å². The van der Waals surface area contributed by atoms with E-state index in [0.29, 0.717) is 6.04 Å². The fourth-order valence-corrected chi connectivity index (χ4v) is 3.94. The fourth-order valence-electron chi connectivity index (χ4n) is 3.94. The van der Waals surface area contributed by atoms with Crippen LogP contribution in [-0.4, -0.2) is 27.8 Å². The van der Waals surface area contributed by atoms with Gasteiger partial charge in [0, 0.05) is 17.8 Å². The molecular weight excluding hydrogens is 328 g/mol. The number of hydrogen-bond acceptors (Lipinski definition) is 5. The molecule has 4 rings (SSSR count). The number of carbonyl (C=O) groups is 1. The zero-order valence-corrected chi connectivity index (χ0v) is 15.0. The van der Waals surface area contributed by atoms with Crippen LogP contribution in [-0.2, 0) is 11.3 Å². The summed E-state index contributed by atoms with van der Waals surface area (Å²) >= 11 is 0. The van der Waals surface area contributed by atoms with Gasteiger partial charge >= 0.3 is 0 Å². The molecule has 1 saturated heterocycles. The predicted octanol–water partition coefficient (Wildman–Crippen LogP) is 1.26. The molecular formula is C19H26N6O. The Balaban J connectivity index is 1.37. The van der Waals surface area contributed by atoms with Crippen molar-refractivity contribution in [2.24, 2.45) is 5.92 Å². The largest absolute Gasteiger partial charge is 0.349 e. The number of benzene rings is 1. The Morgan fingerprint density at radius 2 is 2.15 bits per heavy atom. The second kappa shape index (κ2) is 7.57. The Morgan fingerprint density at radius 1 is 1.31 bits per heavy atom. The van der Waals surface area contributed by atoms with Crippen molar-refractivity contribution >= 4 is 5.91 Å². The molecule has 1 aromatic heterocycles. The highest BCUT2D eigenvalue weighted by atomic mass is 16.2. The molecule has 0 spiro atoms. The molecule has 1 amide bonds. The van der Waals surface area contributed by atoms with Crippen LogP contribution in [0.1, 0.15) is 43.4 Å². The van der Waals surface area contributed by atoms with Crippen LogP contribution in [0, 0.1) is 5.92 Å². The van der Waals surface area contributed by atoms with Crippen molar-refractivity contribution in [3.8, 4) is 0 Å². The third-order valence-corrected chi connectivity index (χ3v) is 5.43. The van der Waals surface area contributed by atoms with E-state index >= 15 is 0 Å². The van der Waals surface area contributed by atoms with Crippen LogP contribution in [0.2, 0.25) is 0 Å². The number of fused-ring (bicyclic) bond motifs is 1. The molecule has 4 atom stereocenters. The second-order valence-corrected chi connectivity index (χ2v) is 7.27. The Labute approximate surface area is 153 Å². The molecule has 2 heterocycles. The monoisotopic (exact) mass is 354 g/mol. The van der Waals surface area contributed by atoms with E-state index in [1.807, 2.05) is 42.2 Å². The van der Waals surface area contributed by atoms with Crippen LogP contribution < -0.4 is 21.7 Å². The average Bonchev–Trinajstić information content (AvgIpc) is 3.31. The summed E-state index contributed by atoms with van der Waals surface area (Å²) in [5.41, 5.74) is 11.6. The third kappa shape index (κ3) is 3.65. The minimum absolute atomic E-state index is 0.0157. The summed E-state index contributed by atoms with van der Waals surface area (Å²) in [7, 11) is 0. The third-order valence-electron chi connectivity index (χ3n) is 5.43. The molecule has 1 saturated carbocycles. The van der Waals surface area contributed by atoms with Crippen molar-refractivity contribution in [3.63, 3.8) is 0 Å². The van der Waals surface area contributed by atoms with E-state index in [0.717, 1.165) is 31.4 Å². The lowest BCUT2D eigenvalue weighted by Crippen LogP contribution is -2.50. The molecule has 26 heavy (non-hydrogen) atoms. The number of amides is 1. The maximum atomic E-state index is 12.8. The summed E-state index contributed by atoms with van der Waals surface area (Å²) in [6.07, 6.45) is 6.94. The van der Waals surface area contributed by atoms with Gasteiger partial charge in [0.1, 0.15) is 0 Å². The van der Waals surface area contributed by atoms with Gasteiger partial charge in [-0.05, 0) is 25.3 Å². The highest BCUT2D eigenvalue weighted by Crippen LogP contribution is 2.27. The quantitative estimate of drug-likeness (QED) is 0.650.